The highest BCUT2D eigenvalue weighted by Crippen LogP contribution is 2.30. The Morgan fingerprint density at radius 3 is 2.37 bits per heavy atom. The van der Waals surface area contributed by atoms with E-state index < -0.39 is 0 Å². The fourth-order valence-electron chi connectivity index (χ4n) is 2.05. The number of methoxy groups -OCH3 is 1. The Hall–Kier alpha value is -1.73. The highest BCUT2D eigenvalue weighted by Gasteiger charge is 2.09. The number of para-hydroxylation sites is 1. The van der Waals surface area contributed by atoms with E-state index in [0.29, 0.717) is 0 Å². The van der Waals surface area contributed by atoms with E-state index in [9.17, 15) is 0 Å². The number of ether oxygens (including phenoxy) is 1. The third-order valence-electron chi connectivity index (χ3n) is 3.08. The zero-order valence-electron chi connectivity index (χ0n) is 11.1. The first-order valence-electron chi connectivity index (χ1n) is 6.28. The highest BCUT2D eigenvalue weighted by molar-refractivity contribution is 6.48. The molecule has 0 bridgehead atoms. The molecule has 98 valence electrons. The van der Waals surface area contributed by atoms with E-state index in [1.165, 1.54) is 0 Å². The standard InChI is InChI=1S/C17H17ClO/c1-13(15-10-6-7-11-17(15)19-2)12-16(18)14-8-4-3-5-9-14/h3-13H,1-2H3/b16-12-. The predicted octanol–water partition coefficient (Wildman–Crippen LogP) is 5.08. The molecule has 2 heteroatoms. The largest absolute Gasteiger partial charge is 0.496 e. The van der Waals surface area contributed by atoms with E-state index in [1.807, 2.05) is 48.5 Å². The average Bonchev–Trinajstić information content (AvgIpc) is 2.48. The summed E-state index contributed by atoms with van der Waals surface area (Å²) < 4.78 is 5.38. The number of rotatable bonds is 4. The summed E-state index contributed by atoms with van der Waals surface area (Å²) in [5, 5.41) is 0.763. The fraction of sp³-hybridized carbons (Fsp3) is 0.176. The van der Waals surface area contributed by atoms with Crippen LogP contribution in [0.4, 0.5) is 0 Å². The zero-order chi connectivity index (χ0) is 13.7. The average molecular weight is 273 g/mol. The first-order valence-corrected chi connectivity index (χ1v) is 6.66. The minimum absolute atomic E-state index is 0.198. The molecule has 19 heavy (non-hydrogen) atoms. The van der Waals surface area contributed by atoms with E-state index in [-0.39, 0.29) is 5.92 Å². The van der Waals surface area contributed by atoms with Crippen molar-refractivity contribution < 1.29 is 4.74 Å². The van der Waals surface area contributed by atoms with Gasteiger partial charge in [0.2, 0.25) is 0 Å². The summed E-state index contributed by atoms with van der Waals surface area (Å²) >= 11 is 6.37. The molecular weight excluding hydrogens is 256 g/mol. The van der Waals surface area contributed by atoms with Crippen LogP contribution in [0, 0.1) is 0 Å². The third-order valence-corrected chi connectivity index (χ3v) is 3.42. The molecule has 0 aliphatic rings. The summed E-state index contributed by atoms with van der Waals surface area (Å²) in [5.74, 6) is 1.09. The van der Waals surface area contributed by atoms with Gasteiger partial charge in [0, 0.05) is 16.5 Å². The summed E-state index contributed by atoms with van der Waals surface area (Å²) in [5.41, 5.74) is 2.17. The van der Waals surface area contributed by atoms with Crippen LogP contribution in [0.25, 0.3) is 5.03 Å². The van der Waals surface area contributed by atoms with Crippen LogP contribution in [0.3, 0.4) is 0 Å². The van der Waals surface area contributed by atoms with Gasteiger partial charge in [-0.25, -0.2) is 0 Å². The molecule has 1 unspecified atom stereocenters. The lowest BCUT2D eigenvalue weighted by Crippen LogP contribution is -1.95. The van der Waals surface area contributed by atoms with E-state index in [4.69, 9.17) is 16.3 Å². The number of hydrogen-bond donors (Lipinski definition) is 0. The quantitative estimate of drug-likeness (QED) is 0.754. The van der Waals surface area contributed by atoms with Gasteiger partial charge in [-0.2, -0.15) is 0 Å². The summed E-state index contributed by atoms with van der Waals surface area (Å²) in [7, 11) is 1.69. The molecule has 0 aromatic heterocycles. The lowest BCUT2D eigenvalue weighted by atomic mass is 9.98. The monoisotopic (exact) mass is 272 g/mol. The van der Waals surface area contributed by atoms with Gasteiger partial charge in [-0.15, -0.1) is 0 Å². The Bertz CT molecular complexity index is 560. The molecule has 0 amide bonds. The van der Waals surface area contributed by atoms with Crippen molar-refractivity contribution in [1.82, 2.24) is 0 Å². The second kappa shape index (κ2) is 6.44. The molecule has 0 saturated heterocycles. The van der Waals surface area contributed by atoms with E-state index >= 15 is 0 Å². The van der Waals surface area contributed by atoms with E-state index in [1.54, 1.807) is 7.11 Å². The maximum absolute atomic E-state index is 6.37. The smallest absolute Gasteiger partial charge is 0.122 e. The molecule has 0 aliphatic heterocycles. The number of halogens is 1. The van der Waals surface area contributed by atoms with Gasteiger partial charge in [-0.1, -0.05) is 73.1 Å². The first kappa shape index (κ1) is 13.7. The second-order valence-corrected chi connectivity index (χ2v) is 4.82. The molecule has 0 saturated carbocycles. The van der Waals surface area contributed by atoms with Gasteiger partial charge in [0.15, 0.2) is 0 Å². The maximum atomic E-state index is 6.37. The van der Waals surface area contributed by atoms with E-state index in [2.05, 4.69) is 19.1 Å². The molecular formula is C17H17ClO. The summed E-state index contributed by atoms with van der Waals surface area (Å²) in [6.45, 7) is 2.11. The Balaban J connectivity index is 2.27. The molecule has 1 nitrogen and oxygen atoms in total. The van der Waals surface area contributed by atoms with Crippen LogP contribution < -0.4 is 4.74 Å². The molecule has 2 aromatic carbocycles. The lowest BCUT2D eigenvalue weighted by Gasteiger charge is -2.13. The van der Waals surface area contributed by atoms with Gasteiger partial charge in [-0.05, 0) is 11.6 Å². The molecule has 0 spiro atoms. The van der Waals surface area contributed by atoms with Gasteiger partial charge < -0.3 is 4.74 Å². The van der Waals surface area contributed by atoms with Gasteiger partial charge in [0.05, 0.1) is 7.11 Å². The highest BCUT2D eigenvalue weighted by atomic mass is 35.5. The normalized spacial score (nSPS) is 13.1. The molecule has 0 fully saturated rings. The minimum atomic E-state index is 0.198. The van der Waals surface area contributed by atoms with Crippen molar-refractivity contribution in [2.75, 3.05) is 7.11 Å². The molecule has 0 N–H and O–H groups in total. The van der Waals surface area contributed by atoms with Gasteiger partial charge in [0.1, 0.15) is 5.75 Å². The van der Waals surface area contributed by atoms with Crippen molar-refractivity contribution in [2.24, 2.45) is 0 Å². The Kier molecular flexibility index (Phi) is 4.64. The van der Waals surface area contributed by atoms with Crippen molar-refractivity contribution in [3.05, 3.63) is 71.8 Å². The minimum Gasteiger partial charge on any atom is -0.496 e. The SMILES string of the molecule is COc1ccccc1C(C)/C=C(\Cl)c1ccccc1. The number of allylic oxidation sites excluding steroid dienone is 1. The zero-order valence-corrected chi connectivity index (χ0v) is 11.9. The molecule has 1 atom stereocenters. The summed E-state index contributed by atoms with van der Waals surface area (Å²) in [4.78, 5) is 0. The summed E-state index contributed by atoms with van der Waals surface area (Å²) in [6.07, 6.45) is 2.05. The van der Waals surface area contributed by atoms with Crippen molar-refractivity contribution in [3.63, 3.8) is 0 Å². The first-order chi connectivity index (χ1) is 9.22. The van der Waals surface area contributed by atoms with Crippen LogP contribution in [0.5, 0.6) is 5.75 Å². The maximum Gasteiger partial charge on any atom is 0.122 e. The van der Waals surface area contributed by atoms with Crippen molar-refractivity contribution in [1.29, 1.82) is 0 Å². The van der Waals surface area contributed by atoms with Crippen LogP contribution in [0.1, 0.15) is 24.0 Å². The van der Waals surface area contributed by atoms with Crippen molar-refractivity contribution in [2.45, 2.75) is 12.8 Å². The Morgan fingerprint density at radius 1 is 1.05 bits per heavy atom. The molecule has 2 rings (SSSR count). The lowest BCUT2D eigenvalue weighted by molar-refractivity contribution is 0.408. The number of benzene rings is 2. The molecule has 0 aliphatic carbocycles. The molecule has 0 heterocycles. The van der Waals surface area contributed by atoms with Crippen molar-refractivity contribution >= 4 is 16.6 Å². The van der Waals surface area contributed by atoms with Crippen LogP contribution in [0.2, 0.25) is 0 Å². The third kappa shape index (κ3) is 3.39. The van der Waals surface area contributed by atoms with Crippen LogP contribution in [-0.2, 0) is 0 Å². The van der Waals surface area contributed by atoms with E-state index in [0.717, 1.165) is 21.9 Å². The van der Waals surface area contributed by atoms with Gasteiger partial charge in [0.25, 0.3) is 0 Å². The van der Waals surface area contributed by atoms with Gasteiger partial charge in [-0.3, -0.25) is 0 Å². The Labute approximate surface area is 119 Å². The fourth-order valence-corrected chi connectivity index (χ4v) is 2.36. The van der Waals surface area contributed by atoms with Crippen LogP contribution in [-0.4, -0.2) is 7.11 Å². The van der Waals surface area contributed by atoms with Crippen LogP contribution in [0.15, 0.2) is 60.7 Å². The Morgan fingerprint density at radius 2 is 1.68 bits per heavy atom. The second-order valence-electron chi connectivity index (χ2n) is 4.41. The topological polar surface area (TPSA) is 9.23 Å². The van der Waals surface area contributed by atoms with Crippen LogP contribution >= 0.6 is 11.6 Å². The molecule has 0 radical (unpaired) electrons. The summed E-state index contributed by atoms with van der Waals surface area (Å²) in [6, 6.07) is 18.0. The van der Waals surface area contributed by atoms with Gasteiger partial charge >= 0.3 is 0 Å². The van der Waals surface area contributed by atoms with Crippen molar-refractivity contribution in [3.8, 4) is 5.75 Å². The number of hydrogen-bond acceptors (Lipinski definition) is 1. The predicted molar refractivity (Wildman–Crippen MR) is 81.7 cm³/mol. The molecule has 2 aromatic rings.